The molecule has 0 aliphatic carbocycles. The lowest BCUT2D eigenvalue weighted by molar-refractivity contribution is -0.112. The summed E-state index contributed by atoms with van der Waals surface area (Å²) in [5.74, 6) is -0.911. The smallest absolute Gasteiger partial charge is 0.296 e. The van der Waals surface area contributed by atoms with Crippen molar-refractivity contribution in [2.24, 2.45) is 0 Å². The number of nitrogens with one attached hydrogen (secondary N) is 1. The summed E-state index contributed by atoms with van der Waals surface area (Å²) in [5, 5.41) is 2.61. The van der Waals surface area contributed by atoms with Gasteiger partial charge in [0.2, 0.25) is 0 Å². The highest BCUT2D eigenvalue weighted by Gasteiger charge is 2.32. The highest BCUT2D eigenvalue weighted by molar-refractivity contribution is 6.52. The second kappa shape index (κ2) is 3.87. The lowest BCUT2D eigenvalue weighted by Crippen LogP contribution is -2.30. The van der Waals surface area contributed by atoms with Gasteiger partial charge in [-0.2, -0.15) is 0 Å². The first-order valence-electron chi connectivity index (χ1n) is 6.01. The third-order valence-corrected chi connectivity index (χ3v) is 3.42. The van der Waals surface area contributed by atoms with E-state index in [0.717, 1.165) is 31.6 Å². The number of amides is 1. The molecule has 0 spiro atoms. The van der Waals surface area contributed by atoms with Crippen molar-refractivity contribution in [1.82, 2.24) is 0 Å². The molecular weight excluding hydrogens is 216 g/mol. The Kier molecular flexibility index (Phi) is 2.35. The van der Waals surface area contributed by atoms with Crippen LogP contribution in [-0.4, -0.2) is 24.8 Å². The quantitative estimate of drug-likeness (QED) is 0.748. The number of hydrogen-bond acceptors (Lipinski definition) is 3. The molecule has 4 heteroatoms. The van der Waals surface area contributed by atoms with Crippen LogP contribution in [0.15, 0.2) is 18.2 Å². The standard InChI is InChI=1S/C13H14N2O2/c16-12-11-9(14-13(12)17)5-4-6-10(11)15-7-2-1-3-8-15/h4-6H,1-3,7-8H2,(H,14,16,17). The van der Waals surface area contributed by atoms with Gasteiger partial charge in [-0.3, -0.25) is 9.59 Å². The molecule has 0 saturated carbocycles. The number of piperidine rings is 1. The van der Waals surface area contributed by atoms with Crippen molar-refractivity contribution in [3.8, 4) is 0 Å². The molecule has 0 atom stereocenters. The Hall–Kier alpha value is -1.84. The number of Topliss-reactive ketones (excluding diaryl/α,β-unsaturated/α-hetero) is 1. The van der Waals surface area contributed by atoms with Crippen molar-refractivity contribution in [3.63, 3.8) is 0 Å². The van der Waals surface area contributed by atoms with E-state index in [1.165, 1.54) is 6.42 Å². The summed E-state index contributed by atoms with van der Waals surface area (Å²) in [6.45, 7) is 1.94. The number of ketones is 1. The fraction of sp³-hybridized carbons (Fsp3) is 0.385. The Labute approximate surface area is 99.6 Å². The number of nitrogens with zero attached hydrogens (tertiary/aromatic N) is 1. The van der Waals surface area contributed by atoms with E-state index in [2.05, 4.69) is 10.2 Å². The third kappa shape index (κ3) is 1.60. The monoisotopic (exact) mass is 230 g/mol. The van der Waals surface area contributed by atoms with Crippen molar-refractivity contribution in [2.75, 3.05) is 23.3 Å². The molecule has 4 nitrogen and oxygen atoms in total. The molecule has 1 fully saturated rings. The van der Waals surface area contributed by atoms with Gasteiger partial charge in [0.1, 0.15) is 0 Å². The maximum absolute atomic E-state index is 11.8. The Morgan fingerprint density at radius 3 is 2.59 bits per heavy atom. The van der Waals surface area contributed by atoms with Crippen molar-refractivity contribution in [1.29, 1.82) is 0 Å². The number of rotatable bonds is 1. The number of carbonyl (C=O) groups is 2. The Balaban J connectivity index is 2.04. The topological polar surface area (TPSA) is 49.4 Å². The minimum Gasteiger partial charge on any atom is -0.371 e. The Morgan fingerprint density at radius 2 is 1.82 bits per heavy atom. The first kappa shape index (κ1) is 10.3. The molecule has 1 N–H and O–H groups in total. The molecule has 2 heterocycles. The summed E-state index contributed by atoms with van der Waals surface area (Å²) >= 11 is 0. The summed E-state index contributed by atoms with van der Waals surface area (Å²) in [6, 6.07) is 5.61. The van der Waals surface area contributed by atoms with E-state index in [-0.39, 0.29) is 0 Å². The van der Waals surface area contributed by atoms with Gasteiger partial charge in [-0.05, 0) is 31.4 Å². The average Bonchev–Trinajstić information content (AvgIpc) is 2.66. The van der Waals surface area contributed by atoms with Crippen molar-refractivity contribution in [3.05, 3.63) is 23.8 Å². The number of anilines is 2. The van der Waals surface area contributed by atoms with Crippen molar-refractivity contribution < 1.29 is 9.59 Å². The fourth-order valence-electron chi connectivity index (χ4n) is 2.57. The van der Waals surface area contributed by atoms with Crippen molar-refractivity contribution >= 4 is 23.1 Å². The molecule has 1 aromatic rings. The van der Waals surface area contributed by atoms with E-state index in [4.69, 9.17) is 0 Å². The van der Waals surface area contributed by atoms with Crippen LogP contribution >= 0.6 is 0 Å². The van der Waals surface area contributed by atoms with Crippen LogP contribution in [0.25, 0.3) is 0 Å². The predicted octanol–water partition coefficient (Wildman–Crippen LogP) is 1.81. The van der Waals surface area contributed by atoms with Gasteiger partial charge in [0.15, 0.2) is 0 Å². The molecule has 3 rings (SSSR count). The molecule has 2 aliphatic rings. The van der Waals surface area contributed by atoms with Crippen molar-refractivity contribution in [2.45, 2.75) is 19.3 Å². The van der Waals surface area contributed by atoms with Crippen LogP contribution in [0.1, 0.15) is 29.6 Å². The van der Waals surface area contributed by atoms with E-state index in [9.17, 15) is 9.59 Å². The number of carbonyl (C=O) groups excluding carboxylic acids is 2. The molecule has 1 saturated heterocycles. The van der Waals surface area contributed by atoms with Gasteiger partial charge in [-0.25, -0.2) is 0 Å². The first-order chi connectivity index (χ1) is 8.27. The molecule has 17 heavy (non-hydrogen) atoms. The summed E-state index contributed by atoms with van der Waals surface area (Å²) in [6.07, 6.45) is 3.55. The van der Waals surface area contributed by atoms with Gasteiger partial charge in [0.05, 0.1) is 16.9 Å². The normalized spacial score (nSPS) is 19.2. The Bertz CT molecular complexity index is 490. The third-order valence-electron chi connectivity index (χ3n) is 3.42. The largest absolute Gasteiger partial charge is 0.371 e. The summed E-state index contributed by atoms with van der Waals surface area (Å²) in [7, 11) is 0. The van der Waals surface area contributed by atoms with Gasteiger partial charge in [0.25, 0.3) is 11.7 Å². The zero-order valence-corrected chi connectivity index (χ0v) is 9.53. The summed E-state index contributed by atoms with van der Waals surface area (Å²) in [5.41, 5.74) is 2.12. The van der Waals surface area contributed by atoms with E-state index in [1.54, 1.807) is 6.07 Å². The van der Waals surface area contributed by atoms with E-state index < -0.39 is 11.7 Å². The van der Waals surface area contributed by atoms with E-state index in [1.807, 2.05) is 12.1 Å². The van der Waals surface area contributed by atoms with Crippen LogP contribution < -0.4 is 10.2 Å². The molecular formula is C13H14N2O2. The molecule has 0 radical (unpaired) electrons. The maximum atomic E-state index is 11.8. The SMILES string of the molecule is O=C1Nc2cccc(N3CCCCC3)c2C1=O. The first-order valence-corrected chi connectivity index (χ1v) is 6.01. The molecule has 0 aromatic heterocycles. The molecule has 1 amide bonds. The van der Waals surface area contributed by atoms with Gasteiger partial charge >= 0.3 is 0 Å². The van der Waals surface area contributed by atoms with Crippen LogP contribution in [0.2, 0.25) is 0 Å². The minimum atomic E-state index is -0.510. The number of hydrogen-bond donors (Lipinski definition) is 1. The van der Waals surface area contributed by atoms with E-state index >= 15 is 0 Å². The van der Waals surface area contributed by atoms with Gasteiger partial charge < -0.3 is 10.2 Å². The molecule has 1 aromatic carbocycles. The molecule has 0 bridgehead atoms. The van der Waals surface area contributed by atoms with Gasteiger partial charge in [0, 0.05) is 13.1 Å². The van der Waals surface area contributed by atoms with Crippen LogP contribution in [0.4, 0.5) is 11.4 Å². The predicted molar refractivity (Wildman–Crippen MR) is 65.5 cm³/mol. The van der Waals surface area contributed by atoms with Crippen LogP contribution in [0.3, 0.4) is 0 Å². The highest BCUT2D eigenvalue weighted by atomic mass is 16.2. The highest BCUT2D eigenvalue weighted by Crippen LogP contribution is 2.33. The van der Waals surface area contributed by atoms with Crippen LogP contribution in [0.5, 0.6) is 0 Å². The van der Waals surface area contributed by atoms with E-state index in [0.29, 0.717) is 11.3 Å². The number of fused-ring (bicyclic) bond motifs is 1. The fourth-order valence-corrected chi connectivity index (χ4v) is 2.57. The van der Waals surface area contributed by atoms with Crippen LogP contribution in [-0.2, 0) is 4.79 Å². The molecule has 2 aliphatic heterocycles. The zero-order chi connectivity index (χ0) is 11.8. The maximum Gasteiger partial charge on any atom is 0.296 e. The van der Waals surface area contributed by atoms with Gasteiger partial charge in [-0.15, -0.1) is 0 Å². The zero-order valence-electron chi connectivity index (χ0n) is 9.53. The average molecular weight is 230 g/mol. The second-order valence-corrected chi connectivity index (χ2v) is 4.53. The molecule has 88 valence electrons. The Morgan fingerprint density at radius 1 is 1.06 bits per heavy atom. The molecule has 0 unspecified atom stereocenters. The lowest BCUT2D eigenvalue weighted by Gasteiger charge is -2.29. The number of benzene rings is 1. The lowest BCUT2D eigenvalue weighted by atomic mass is 10.0. The van der Waals surface area contributed by atoms with Crippen LogP contribution in [0, 0.1) is 0 Å². The minimum absolute atomic E-state index is 0.402. The second-order valence-electron chi connectivity index (χ2n) is 4.53. The van der Waals surface area contributed by atoms with Gasteiger partial charge in [-0.1, -0.05) is 6.07 Å². The summed E-state index contributed by atoms with van der Waals surface area (Å²) < 4.78 is 0. The summed E-state index contributed by atoms with van der Waals surface area (Å²) in [4.78, 5) is 25.4.